The molecule has 5 heteroatoms. The van der Waals surface area contributed by atoms with E-state index in [0.29, 0.717) is 5.56 Å². The fourth-order valence-electron chi connectivity index (χ4n) is 2.80. The van der Waals surface area contributed by atoms with Crippen LogP contribution in [0.25, 0.3) is 21.9 Å². The van der Waals surface area contributed by atoms with Gasteiger partial charge in [-0.25, -0.2) is 4.98 Å². The fourth-order valence-corrected chi connectivity index (χ4v) is 3.68. The van der Waals surface area contributed by atoms with Crippen molar-refractivity contribution in [3.63, 3.8) is 0 Å². The molecule has 0 fully saturated rings. The van der Waals surface area contributed by atoms with Gasteiger partial charge >= 0.3 is 0 Å². The van der Waals surface area contributed by atoms with E-state index in [1.807, 2.05) is 41.7 Å². The molecule has 0 bridgehead atoms. The van der Waals surface area contributed by atoms with Crippen LogP contribution in [0.5, 0.6) is 0 Å². The number of aryl methyl sites for hydroxylation is 2. The second-order valence-electron chi connectivity index (χ2n) is 5.52. The molecule has 0 spiro atoms. The standard InChI is InChI=1S/C18H15N3OS/c1-11-10-21-16(12(2)20-18(21)23-11)7-8-17(22)14-9-19-15-6-4-3-5-13(14)15/h3-10,19H,1-2H3/b8-7+. The molecule has 4 nitrogen and oxygen atoms in total. The molecule has 0 aliphatic heterocycles. The van der Waals surface area contributed by atoms with E-state index < -0.39 is 0 Å². The average molecular weight is 321 g/mol. The molecule has 4 rings (SSSR count). The van der Waals surface area contributed by atoms with Crippen LogP contribution in [0.3, 0.4) is 0 Å². The number of imidazole rings is 1. The van der Waals surface area contributed by atoms with Crippen molar-refractivity contribution in [1.82, 2.24) is 14.4 Å². The summed E-state index contributed by atoms with van der Waals surface area (Å²) in [6.07, 6.45) is 7.30. The second-order valence-corrected chi connectivity index (χ2v) is 6.74. The molecular formula is C18H15N3OS. The number of carbonyl (C=O) groups excluding carboxylic acids is 1. The van der Waals surface area contributed by atoms with E-state index in [2.05, 4.69) is 23.1 Å². The molecule has 1 aromatic carbocycles. The van der Waals surface area contributed by atoms with Crippen LogP contribution >= 0.6 is 11.3 Å². The van der Waals surface area contributed by atoms with E-state index in [4.69, 9.17) is 0 Å². The minimum atomic E-state index is -0.0104. The highest BCUT2D eigenvalue weighted by Crippen LogP contribution is 2.22. The van der Waals surface area contributed by atoms with Crippen LogP contribution < -0.4 is 0 Å². The van der Waals surface area contributed by atoms with Crippen molar-refractivity contribution in [2.45, 2.75) is 13.8 Å². The van der Waals surface area contributed by atoms with Gasteiger partial charge in [-0.1, -0.05) is 18.2 Å². The quantitative estimate of drug-likeness (QED) is 0.449. The van der Waals surface area contributed by atoms with Crippen LogP contribution in [-0.4, -0.2) is 20.2 Å². The predicted molar refractivity (Wildman–Crippen MR) is 94.2 cm³/mol. The molecule has 0 saturated heterocycles. The topological polar surface area (TPSA) is 50.2 Å². The zero-order valence-electron chi connectivity index (χ0n) is 12.8. The third kappa shape index (κ3) is 2.29. The number of thiazole rings is 1. The molecule has 0 aliphatic carbocycles. The van der Waals surface area contributed by atoms with Crippen LogP contribution in [0.15, 0.2) is 42.7 Å². The van der Waals surface area contributed by atoms with Gasteiger partial charge in [0.1, 0.15) is 0 Å². The van der Waals surface area contributed by atoms with Gasteiger partial charge in [-0.2, -0.15) is 0 Å². The Bertz CT molecular complexity index is 1060. The number of benzene rings is 1. The van der Waals surface area contributed by atoms with Crippen molar-refractivity contribution in [2.75, 3.05) is 0 Å². The number of para-hydroxylation sites is 1. The Hall–Kier alpha value is -2.66. The van der Waals surface area contributed by atoms with Crippen molar-refractivity contribution >= 4 is 39.1 Å². The first-order valence-electron chi connectivity index (χ1n) is 7.37. The van der Waals surface area contributed by atoms with Crippen molar-refractivity contribution in [2.24, 2.45) is 0 Å². The highest BCUT2D eigenvalue weighted by Gasteiger charge is 2.11. The Morgan fingerprint density at radius 3 is 3.00 bits per heavy atom. The van der Waals surface area contributed by atoms with Crippen LogP contribution in [0, 0.1) is 13.8 Å². The van der Waals surface area contributed by atoms with E-state index in [1.54, 1.807) is 23.6 Å². The zero-order chi connectivity index (χ0) is 16.0. The monoisotopic (exact) mass is 321 g/mol. The summed E-state index contributed by atoms with van der Waals surface area (Å²) in [7, 11) is 0. The summed E-state index contributed by atoms with van der Waals surface area (Å²) in [4.78, 5) is 22.4. The summed E-state index contributed by atoms with van der Waals surface area (Å²) < 4.78 is 2.04. The molecule has 0 unspecified atom stereocenters. The second kappa shape index (κ2) is 5.21. The SMILES string of the molecule is Cc1cn2c(/C=C/C(=O)c3c[nH]c4ccccc34)c(C)nc2s1. The van der Waals surface area contributed by atoms with Crippen LogP contribution in [0.1, 0.15) is 26.6 Å². The molecule has 23 heavy (non-hydrogen) atoms. The summed E-state index contributed by atoms with van der Waals surface area (Å²) >= 11 is 1.65. The lowest BCUT2D eigenvalue weighted by molar-refractivity contribution is 0.104. The number of aromatic nitrogens is 3. The van der Waals surface area contributed by atoms with Crippen LogP contribution in [-0.2, 0) is 0 Å². The highest BCUT2D eigenvalue weighted by molar-refractivity contribution is 7.17. The lowest BCUT2D eigenvalue weighted by atomic mass is 10.1. The molecule has 0 atom stereocenters. The van der Waals surface area contributed by atoms with Gasteiger partial charge in [0.25, 0.3) is 0 Å². The Kier molecular flexibility index (Phi) is 3.16. The molecule has 0 radical (unpaired) electrons. The van der Waals surface area contributed by atoms with Gasteiger partial charge in [0, 0.05) is 33.7 Å². The molecule has 0 saturated carbocycles. The van der Waals surface area contributed by atoms with Gasteiger partial charge < -0.3 is 4.98 Å². The van der Waals surface area contributed by atoms with E-state index >= 15 is 0 Å². The Morgan fingerprint density at radius 1 is 1.30 bits per heavy atom. The smallest absolute Gasteiger partial charge is 0.194 e. The number of allylic oxidation sites excluding steroid dienone is 1. The summed E-state index contributed by atoms with van der Waals surface area (Å²) in [6, 6.07) is 7.82. The number of nitrogens with one attached hydrogen (secondary N) is 1. The first-order chi connectivity index (χ1) is 11.1. The van der Waals surface area contributed by atoms with Gasteiger partial charge in [-0.15, -0.1) is 11.3 Å². The normalized spacial score (nSPS) is 11.9. The van der Waals surface area contributed by atoms with Crippen LogP contribution in [0.2, 0.25) is 0 Å². The molecule has 0 amide bonds. The van der Waals surface area contributed by atoms with Gasteiger partial charge in [0.2, 0.25) is 0 Å². The third-order valence-corrected chi connectivity index (χ3v) is 4.81. The summed E-state index contributed by atoms with van der Waals surface area (Å²) in [5.74, 6) is -0.0104. The van der Waals surface area contributed by atoms with E-state index in [9.17, 15) is 4.79 Å². The minimum absolute atomic E-state index is 0.0104. The molecule has 0 aliphatic rings. The van der Waals surface area contributed by atoms with Gasteiger partial charge in [0.15, 0.2) is 10.7 Å². The van der Waals surface area contributed by atoms with E-state index in [1.165, 1.54) is 4.88 Å². The van der Waals surface area contributed by atoms with Crippen LogP contribution in [0.4, 0.5) is 0 Å². The Labute approximate surface area is 137 Å². The molecular weight excluding hydrogens is 306 g/mol. The molecule has 1 N–H and O–H groups in total. The van der Waals surface area contributed by atoms with Gasteiger partial charge in [0.05, 0.1) is 11.4 Å². The van der Waals surface area contributed by atoms with Crippen molar-refractivity contribution in [1.29, 1.82) is 0 Å². The van der Waals surface area contributed by atoms with Gasteiger partial charge in [-0.05, 0) is 32.1 Å². The highest BCUT2D eigenvalue weighted by atomic mass is 32.1. The molecule has 3 heterocycles. The minimum Gasteiger partial charge on any atom is -0.360 e. The largest absolute Gasteiger partial charge is 0.360 e. The lowest BCUT2D eigenvalue weighted by Crippen LogP contribution is -1.93. The molecule has 3 aromatic heterocycles. The maximum absolute atomic E-state index is 12.5. The maximum Gasteiger partial charge on any atom is 0.194 e. The molecule has 114 valence electrons. The number of rotatable bonds is 3. The van der Waals surface area contributed by atoms with Gasteiger partial charge in [-0.3, -0.25) is 9.20 Å². The van der Waals surface area contributed by atoms with Crippen molar-refractivity contribution in [3.05, 3.63) is 64.6 Å². The summed E-state index contributed by atoms with van der Waals surface area (Å²) in [5.41, 5.74) is 3.55. The first-order valence-corrected chi connectivity index (χ1v) is 8.19. The fraction of sp³-hybridized carbons (Fsp3) is 0.111. The predicted octanol–water partition coefficient (Wildman–Crippen LogP) is 4.39. The lowest BCUT2D eigenvalue weighted by Gasteiger charge is -1.95. The number of fused-ring (bicyclic) bond motifs is 2. The summed E-state index contributed by atoms with van der Waals surface area (Å²) in [6.45, 7) is 4.02. The maximum atomic E-state index is 12.5. The average Bonchev–Trinajstić information content (AvgIpc) is 3.17. The number of carbonyl (C=O) groups is 1. The number of hydrogen-bond donors (Lipinski definition) is 1. The van der Waals surface area contributed by atoms with E-state index in [0.717, 1.165) is 27.3 Å². The third-order valence-electron chi connectivity index (χ3n) is 3.91. The van der Waals surface area contributed by atoms with Crippen molar-refractivity contribution in [3.8, 4) is 0 Å². The Balaban J connectivity index is 1.72. The molecule has 4 aromatic rings. The number of hydrogen-bond acceptors (Lipinski definition) is 3. The van der Waals surface area contributed by atoms with E-state index in [-0.39, 0.29) is 5.78 Å². The van der Waals surface area contributed by atoms with Crippen molar-refractivity contribution < 1.29 is 4.79 Å². The summed E-state index contributed by atoms with van der Waals surface area (Å²) in [5, 5.41) is 0.948. The number of ketones is 1. The number of H-pyrrole nitrogens is 1. The number of nitrogens with zero attached hydrogens (tertiary/aromatic N) is 2. The Morgan fingerprint density at radius 2 is 2.13 bits per heavy atom. The first kappa shape index (κ1) is 14.0. The number of aromatic amines is 1. The zero-order valence-corrected chi connectivity index (χ0v) is 13.6.